The second-order valence-electron chi connectivity index (χ2n) is 5.05. The molecular weight excluding hydrogens is 164 g/mol. The van der Waals surface area contributed by atoms with Gasteiger partial charge in [0.1, 0.15) is 0 Å². The summed E-state index contributed by atoms with van der Waals surface area (Å²) in [6, 6.07) is 0.311. The fourth-order valence-electron chi connectivity index (χ4n) is 1.60. The van der Waals surface area contributed by atoms with Crippen molar-refractivity contribution in [1.82, 2.24) is 4.90 Å². The third kappa shape index (κ3) is 2.21. The number of amides is 1. The number of carbonyl (C=O) groups is 1. The van der Waals surface area contributed by atoms with Gasteiger partial charge in [-0.15, -0.1) is 0 Å². The Hall–Kier alpha value is -0.570. The molecule has 2 unspecified atom stereocenters. The van der Waals surface area contributed by atoms with Gasteiger partial charge < -0.3 is 10.6 Å². The lowest BCUT2D eigenvalue weighted by atomic mass is 9.87. The Balaban J connectivity index is 2.68. The van der Waals surface area contributed by atoms with Crippen LogP contribution in [0.2, 0.25) is 0 Å². The average molecular weight is 184 g/mol. The zero-order valence-electron chi connectivity index (χ0n) is 9.00. The summed E-state index contributed by atoms with van der Waals surface area (Å²) in [5.74, 6) is 0.204. The first-order valence-corrected chi connectivity index (χ1v) is 4.87. The van der Waals surface area contributed by atoms with E-state index >= 15 is 0 Å². The second kappa shape index (κ2) is 3.29. The molecule has 1 aliphatic rings. The summed E-state index contributed by atoms with van der Waals surface area (Å²) in [5.41, 5.74) is 5.87. The van der Waals surface area contributed by atoms with Crippen LogP contribution in [0, 0.1) is 5.41 Å². The van der Waals surface area contributed by atoms with E-state index in [1.165, 1.54) is 0 Å². The van der Waals surface area contributed by atoms with Gasteiger partial charge in [-0.25, -0.2) is 0 Å². The molecule has 3 nitrogen and oxygen atoms in total. The quantitative estimate of drug-likeness (QED) is 0.660. The second-order valence-corrected chi connectivity index (χ2v) is 5.05. The fraction of sp³-hybridized carbons (Fsp3) is 0.900. The molecule has 1 aliphatic heterocycles. The van der Waals surface area contributed by atoms with Crippen LogP contribution in [0.3, 0.4) is 0 Å². The van der Waals surface area contributed by atoms with Crippen LogP contribution in [-0.2, 0) is 4.79 Å². The largest absolute Gasteiger partial charge is 0.338 e. The summed E-state index contributed by atoms with van der Waals surface area (Å²) in [5, 5.41) is 0. The van der Waals surface area contributed by atoms with Crippen molar-refractivity contribution in [2.75, 3.05) is 6.54 Å². The monoisotopic (exact) mass is 184 g/mol. The lowest BCUT2D eigenvalue weighted by Crippen LogP contribution is -2.43. The van der Waals surface area contributed by atoms with E-state index in [2.05, 4.69) is 27.7 Å². The van der Waals surface area contributed by atoms with Crippen molar-refractivity contribution >= 4 is 5.91 Å². The first-order chi connectivity index (χ1) is 5.82. The van der Waals surface area contributed by atoms with Crippen molar-refractivity contribution in [1.29, 1.82) is 0 Å². The standard InChI is InChI=1S/C10H20N2O/c1-7(10(2,3)4)12-6-8(11)5-9(12)13/h7-8H,5-6,11H2,1-4H3. The highest BCUT2D eigenvalue weighted by atomic mass is 16.2. The van der Waals surface area contributed by atoms with E-state index in [0.717, 1.165) is 6.54 Å². The smallest absolute Gasteiger partial charge is 0.224 e. The number of rotatable bonds is 1. The van der Waals surface area contributed by atoms with Crippen molar-refractivity contribution in [2.45, 2.75) is 46.2 Å². The summed E-state index contributed by atoms with van der Waals surface area (Å²) < 4.78 is 0. The van der Waals surface area contributed by atoms with Gasteiger partial charge in [0.25, 0.3) is 0 Å². The van der Waals surface area contributed by atoms with Crippen molar-refractivity contribution in [3.8, 4) is 0 Å². The molecular formula is C10H20N2O. The van der Waals surface area contributed by atoms with Crippen LogP contribution in [0.4, 0.5) is 0 Å². The lowest BCUT2D eigenvalue weighted by molar-refractivity contribution is -0.131. The van der Waals surface area contributed by atoms with Gasteiger partial charge in [0, 0.05) is 25.0 Å². The Bertz CT molecular complexity index is 207. The van der Waals surface area contributed by atoms with E-state index in [-0.39, 0.29) is 23.4 Å². The van der Waals surface area contributed by atoms with Gasteiger partial charge in [0.15, 0.2) is 0 Å². The highest BCUT2D eigenvalue weighted by Crippen LogP contribution is 2.27. The molecule has 1 saturated heterocycles. The van der Waals surface area contributed by atoms with Crippen LogP contribution in [-0.4, -0.2) is 29.4 Å². The van der Waals surface area contributed by atoms with Gasteiger partial charge in [0.2, 0.25) is 5.91 Å². The molecule has 3 heteroatoms. The molecule has 0 aromatic rings. The molecule has 1 heterocycles. The zero-order chi connectivity index (χ0) is 10.2. The maximum absolute atomic E-state index is 11.5. The molecule has 76 valence electrons. The Morgan fingerprint density at radius 1 is 1.54 bits per heavy atom. The molecule has 0 spiro atoms. The molecule has 1 fully saturated rings. The van der Waals surface area contributed by atoms with Gasteiger partial charge in [-0.3, -0.25) is 4.79 Å². The van der Waals surface area contributed by atoms with E-state index in [1.807, 2.05) is 4.90 Å². The molecule has 0 radical (unpaired) electrons. The van der Waals surface area contributed by atoms with Gasteiger partial charge >= 0.3 is 0 Å². The maximum Gasteiger partial charge on any atom is 0.224 e. The van der Waals surface area contributed by atoms with E-state index in [4.69, 9.17) is 5.73 Å². The molecule has 0 aromatic carbocycles. The Kier molecular flexibility index (Phi) is 2.66. The topological polar surface area (TPSA) is 46.3 Å². The average Bonchev–Trinajstić information content (AvgIpc) is 2.26. The van der Waals surface area contributed by atoms with Crippen LogP contribution in [0.1, 0.15) is 34.1 Å². The van der Waals surface area contributed by atoms with Gasteiger partial charge in [-0.05, 0) is 12.3 Å². The van der Waals surface area contributed by atoms with Crippen LogP contribution < -0.4 is 5.73 Å². The predicted molar refractivity (Wildman–Crippen MR) is 53.2 cm³/mol. The fourth-order valence-corrected chi connectivity index (χ4v) is 1.60. The molecule has 1 rings (SSSR count). The van der Waals surface area contributed by atoms with Crippen molar-refractivity contribution in [3.05, 3.63) is 0 Å². The number of nitrogens with zero attached hydrogens (tertiary/aromatic N) is 1. The van der Waals surface area contributed by atoms with Gasteiger partial charge in [-0.1, -0.05) is 20.8 Å². The minimum Gasteiger partial charge on any atom is -0.338 e. The first kappa shape index (κ1) is 10.5. The highest BCUT2D eigenvalue weighted by Gasteiger charge is 2.35. The van der Waals surface area contributed by atoms with E-state index in [1.54, 1.807) is 0 Å². The van der Waals surface area contributed by atoms with Crippen LogP contribution in [0.25, 0.3) is 0 Å². The SMILES string of the molecule is CC(N1CC(N)CC1=O)C(C)(C)C. The van der Waals surface area contributed by atoms with Crippen LogP contribution in [0.5, 0.6) is 0 Å². The molecule has 0 aromatic heterocycles. The summed E-state index contributed by atoms with van der Waals surface area (Å²) in [7, 11) is 0. The number of hydrogen-bond acceptors (Lipinski definition) is 2. The highest BCUT2D eigenvalue weighted by molar-refractivity contribution is 5.79. The molecule has 0 saturated carbocycles. The number of likely N-dealkylation sites (tertiary alicyclic amines) is 1. The van der Waals surface area contributed by atoms with Crippen molar-refractivity contribution < 1.29 is 4.79 Å². The van der Waals surface area contributed by atoms with Gasteiger partial charge in [-0.2, -0.15) is 0 Å². The Morgan fingerprint density at radius 3 is 2.38 bits per heavy atom. The van der Waals surface area contributed by atoms with Crippen molar-refractivity contribution in [3.63, 3.8) is 0 Å². The van der Waals surface area contributed by atoms with E-state index in [9.17, 15) is 4.79 Å². The molecule has 0 aliphatic carbocycles. The molecule has 1 amide bonds. The van der Waals surface area contributed by atoms with Crippen LogP contribution in [0.15, 0.2) is 0 Å². The number of hydrogen-bond donors (Lipinski definition) is 1. The molecule has 0 bridgehead atoms. The number of nitrogens with two attached hydrogens (primary N) is 1. The summed E-state index contributed by atoms with van der Waals surface area (Å²) in [4.78, 5) is 13.4. The molecule has 2 atom stereocenters. The van der Waals surface area contributed by atoms with Gasteiger partial charge in [0.05, 0.1) is 0 Å². The predicted octanol–water partition coefficient (Wildman–Crippen LogP) is 0.981. The summed E-state index contributed by atoms with van der Waals surface area (Å²) in [6.07, 6.45) is 0.514. The maximum atomic E-state index is 11.5. The lowest BCUT2D eigenvalue weighted by Gasteiger charge is -2.35. The molecule has 2 N–H and O–H groups in total. The van der Waals surface area contributed by atoms with Crippen LogP contribution >= 0.6 is 0 Å². The first-order valence-electron chi connectivity index (χ1n) is 4.87. The third-order valence-corrected chi connectivity index (χ3v) is 2.91. The third-order valence-electron chi connectivity index (χ3n) is 2.91. The summed E-state index contributed by atoms with van der Waals surface area (Å²) in [6.45, 7) is 9.26. The Labute approximate surface area is 80.3 Å². The molecule has 13 heavy (non-hydrogen) atoms. The zero-order valence-corrected chi connectivity index (χ0v) is 9.00. The normalized spacial score (nSPS) is 26.7. The summed E-state index contributed by atoms with van der Waals surface area (Å²) >= 11 is 0. The van der Waals surface area contributed by atoms with E-state index < -0.39 is 0 Å². The Morgan fingerprint density at radius 2 is 2.08 bits per heavy atom. The van der Waals surface area contributed by atoms with Crippen molar-refractivity contribution in [2.24, 2.45) is 11.1 Å². The minimum atomic E-state index is 0.0392. The number of carbonyl (C=O) groups excluding carboxylic acids is 1. The van der Waals surface area contributed by atoms with E-state index in [0.29, 0.717) is 6.42 Å². The minimum absolute atomic E-state index is 0.0392.